The maximum Gasteiger partial charge on any atom is 0.343 e. The Kier molecular flexibility index (Phi) is 8.18. The second kappa shape index (κ2) is 11.1. The number of hydrogen-bond donors (Lipinski definition) is 0. The Labute approximate surface area is 208 Å². The van der Waals surface area contributed by atoms with Crippen molar-refractivity contribution in [1.82, 2.24) is 9.66 Å². The Bertz CT molecular complexity index is 1370. The van der Waals surface area contributed by atoms with Gasteiger partial charge in [0.15, 0.2) is 12.4 Å². The molecule has 3 aromatic rings. The van der Waals surface area contributed by atoms with Crippen LogP contribution in [-0.4, -0.2) is 47.6 Å². The van der Waals surface area contributed by atoms with Crippen LogP contribution in [-0.2, 0) is 9.53 Å². The summed E-state index contributed by atoms with van der Waals surface area (Å²) in [6.45, 7) is 3.37. The van der Waals surface area contributed by atoms with Crippen molar-refractivity contribution in [2.45, 2.75) is 26.2 Å². The highest BCUT2D eigenvalue weighted by molar-refractivity contribution is 9.10. The smallest absolute Gasteiger partial charge is 0.343 e. The van der Waals surface area contributed by atoms with Gasteiger partial charge in [-0.25, -0.2) is 9.78 Å². The van der Waals surface area contributed by atoms with Gasteiger partial charge in [-0.05, 0) is 30.7 Å². The summed E-state index contributed by atoms with van der Waals surface area (Å²) < 4.78 is 16.9. The number of ether oxygens (including phenoxy) is 3. The van der Waals surface area contributed by atoms with Gasteiger partial charge < -0.3 is 14.2 Å². The molecule has 1 aromatic heterocycles. The van der Waals surface area contributed by atoms with Crippen molar-refractivity contribution in [3.8, 4) is 11.5 Å². The van der Waals surface area contributed by atoms with E-state index in [1.807, 2.05) is 13.8 Å². The van der Waals surface area contributed by atoms with Crippen LogP contribution in [0.25, 0.3) is 10.9 Å². The summed E-state index contributed by atoms with van der Waals surface area (Å²) in [5.74, 6) is -0.539. The molecule has 1 atom stereocenters. The van der Waals surface area contributed by atoms with Gasteiger partial charge in [0.1, 0.15) is 5.82 Å². The van der Waals surface area contributed by atoms with Crippen LogP contribution in [0.1, 0.15) is 37.6 Å². The Morgan fingerprint density at radius 1 is 1.31 bits per heavy atom. The summed E-state index contributed by atoms with van der Waals surface area (Å²) in [6.07, 6.45) is 2.02. The molecule has 1 heterocycles. The van der Waals surface area contributed by atoms with Crippen LogP contribution in [0.5, 0.6) is 11.5 Å². The maximum absolute atomic E-state index is 13.3. The van der Waals surface area contributed by atoms with E-state index in [4.69, 9.17) is 9.47 Å². The fourth-order valence-corrected chi connectivity index (χ4v) is 3.57. The molecule has 0 saturated heterocycles. The lowest BCUT2D eigenvalue weighted by Crippen LogP contribution is -2.23. The largest absolute Gasteiger partial charge is 0.493 e. The molecule has 3 rings (SSSR count). The van der Waals surface area contributed by atoms with Gasteiger partial charge in [-0.2, -0.15) is 9.78 Å². The Balaban J connectivity index is 2.13. The number of nitrogens with zero attached hydrogens (tertiary/aromatic N) is 4. The molecule has 2 aromatic carbocycles. The van der Waals surface area contributed by atoms with E-state index in [0.29, 0.717) is 16.7 Å². The first-order chi connectivity index (χ1) is 16.7. The number of carbonyl (C=O) groups is 1. The van der Waals surface area contributed by atoms with Crippen LogP contribution in [0.15, 0.2) is 44.7 Å². The van der Waals surface area contributed by atoms with Crippen molar-refractivity contribution in [3.05, 3.63) is 66.7 Å². The molecule has 0 N–H and O–H groups in total. The molecular weight excluding hydrogens is 524 g/mol. The van der Waals surface area contributed by atoms with Crippen LogP contribution < -0.4 is 15.0 Å². The summed E-state index contributed by atoms with van der Waals surface area (Å²) in [4.78, 5) is 40.3. The van der Waals surface area contributed by atoms with E-state index in [2.05, 4.69) is 30.8 Å². The number of halogens is 1. The zero-order valence-corrected chi connectivity index (χ0v) is 21.1. The van der Waals surface area contributed by atoms with E-state index >= 15 is 0 Å². The number of nitro benzene ring substituents is 1. The lowest BCUT2D eigenvalue weighted by Gasteiger charge is -2.14. The number of nitro groups is 1. The molecule has 0 fully saturated rings. The molecular formula is C23H23BrN4O7. The van der Waals surface area contributed by atoms with Crippen LogP contribution >= 0.6 is 15.9 Å². The fraction of sp³-hybridized carbons (Fsp3) is 0.304. The number of hydrogen-bond acceptors (Lipinski definition) is 9. The second-order valence-corrected chi connectivity index (χ2v) is 8.41. The summed E-state index contributed by atoms with van der Waals surface area (Å²) in [5, 5.41) is 16.4. The van der Waals surface area contributed by atoms with E-state index in [1.165, 1.54) is 37.2 Å². The SMILES string of the molecule is CC[C@@H](C)c1nc2ccc(Br)cc2c(=O)n1N=Cc1cc(OC)c(OCC(=O)OC)c([N+](=O)[O-])c1. The molecule has 0 amide bonds. The Morgan fingerprint density at radius 3 is 2.69 bits per heavy atom. The number of benzene rings is 2. The molecule has 12 heteroatoms. The van der Waals surface area contributed by atoms with Crippen molar-refractivity contribution < 1.29 is 23.9 Å². The van der Waals surface area contributed by atoms with Gasteiger partial charge in [-0.3, -0.25) is 14.9 Å². The minimum absolute atomic E-state index is 0.0135. The Morgan fingerprint density at radius 2 is 2.06 bits per heavy atom. The second-order valence-electron chi connectivity index (χ2n) is 7.50. The number of aromatic nitrogens is 2. The van der Waals surface area contributed by atoms with Crippen molar-refractivity contribution in [3.63, 3.8) is 0 Å². The fourth-order valence-electron chi connectivity index (χ4n) is 3.21. The minimum Gasteiger partial charge on any atom is -0.493 e. The molecule has 0 aliphatic carbocycles. The first-order valence-corrected chi connectivity index (χ1v) is 11.3. The third-order valence-corrected chi connectivity index (χ3v) is 5.74. The summed E-state index contributed by atoms with van der Waals surface area (Å²) in [7, 11) is 2.48. The van der Waals surface area contributed by atoms with Gasteiger partial charge in [0.05, 0.1) is 36.3 Å². The molecule has 0 bridgehead atoms. The van der Waals surface area contributed by atoms with E-state index in [1.54, 1.807) is 18.2 Å². The zero-order chi connectivity index (χ0) is 25.7. The molecule has 11 nitrogen and oxygen atoms in total. The van der Waals surface area contributed by atoms with Crippen molar-refractivity contribution in [1.29, 1.82) is 0 Å². The van der Waals surface area contributed by atoms with Crippen molar-refractivity contribution >= 4 is 44.7 Å². The average molecular weight is 547 g/mol. The lowest BCUT2D eigenvalue weighted by atomic mass is 10.1. The van der Waals surface area contributed by atoms with E-state index in [-0.39, 0.29) is 28.5 Å². The molecule has 0 aliphatic heterocycles. The highest BCUT2D eigenvalue weighted by Gasteiger charge is 2.23. The van der Waals surface area contributed by atoms with E-state index in [9.17, 15) is 19.7 Å². The van der Waals surface area contributed by atoms with Gasteiger partial charge in [0, 0.05) is 22.0 Å². The number of esters is 1. The third-order valence-electron chi connectivity index (χ3n) is 5.25. The van der Waals surface area contributed by atoms with Gasteiger partial charge in [-0.1, -0.05) is 29.8 Å². The molecule has 184 valence electrons. The van der Waals surface area contributed by atoms with Gasteiger partial charge in [0.2, 0.25) is 5.75 Å². The van der Waals surface area contributed by atoms with Crippen LogP contribution in [0.3, 0.4) is 0 Å². The molecule has 35 heavy (non-hydrogen) atoms. The number of fused-ring (bicyclic) bond motifs is 1. The Hall–Kier alpha value is -3.80. The summed E-state index contributed by atoms with van der Waals surface area (Å²) in [5.41, 5.74) is 0.00628. The maximum atomic E-state index is 13.3. The summed E-state index contributed by atoms with van der Waals surface area (Å²) >= 11 is 3.37. The quantitative estimate of drug-likeness (QED) is 0.170. The average Bonchev–Trinajstić information content (AvgIpc) is 2.85. The third kappa shape index (κ3) is 5.65. The van der Waals surface area contributed by atoms with E-state index in [0.717, 1.165) is 10.9 Å². The monoisotopic (exact) mass is 546 g/mol. The summed E-state index contributed by atoms with van der Waals surface area (Å²) in [6, 6.07) is 7.87. The number of methoxy groups -OCH3 is 2. The predicted octanol–water partition coefficient (Wildman–Crippen LogP) is 4.02. The highest BCUT2D eigenvalue weighted by Crippen LogP contribution is 2.38. The van der Waals surface area contributed by atoms with Gasteiger partial charge in [-0.15, -0.1) is 0 Å². The highest BCUT2D eigenvalue weighted by atomic mass is 79.9. The van der Waals surface area contributed by atoms with Crippen LogP contribution in [0, 0.1) is 10.1 Å². The van der Waals surface area contributed by atoms with Crippen molar-refractivity contribution in [2.75, 3.05) is 20.8 Å². The van der Waals surface area contributed by atoms with Crippen LogP contribution in [0.4, 0.5) is 5.69 Å². The molecule has 0 saturated carbocycles. The topological polar surface area (TPSA) is 135 Å². The van der Waals surface area contributed by atoms with E-state index < -0.39 is 23.2 Å². The first-order valence-electron chi connectivity index (χ1n) is 10.5. The zero-order valence-electron chi connectivity index (χ0n) is 19.5. The number of rotatable bonds is 9. The predicted molar refractivity (Wildman–Crippen MR) is 133 cm³/mol. The lowest BCUT2D eigenvalue weighted by molar-refractivity contribution is -0.385. The normalized spacial score (nSPS) is 12.0. The van der Waals surface area contributed by atoms with Gasteiger partial charge >= 0.3 is 11.7 Å². The number of carbonyl (C=O) groups excluding carboxylic acids is 1. The van der Waals surface area contributed by atoms with Crippen LogP contribution in [0.2, 0.25) is 0 Å². The molecule has 0 spiro atoms. The standard InChI is InChI=1S/C23H23BrN4O7/c1-5-13(2)22-26-17-7-6-15(24)10-16(17)23(30)27(22)25-11-14-8-18(28(31)32)21(19(9-14)33-3)35-12-20(29)34-4/h6-11,13H,5,12H2,1-4H3/t13-/m1/s1. The molecule has 0 unspecified atom stereocenters. The molecule has 0 radical (unpaired) electrons. The first kappa shape index (κ1) is 25.8. The minimum atomic E-state index is -0.709. The van der Waals surface area contributed by atoms with Gasteiger partial charge in [0.25, 0.3) is 5.56 Å². The van der Waals surface area contributed by atoms with Crippen molar-refractivity contribution in [2.24, 2.45) is 5.10 Å². The molecule has 0 aliphatic rings.